The van der Waals surface area contributed by atoms with Crippen molar-refractivity contribution < 1.29 is 9.59 Å². The second kappa shape index (κ2) is 4.70. The van der Waals surface area contributed by atoms with Crippen LogP contribution in [0.25, 0.3) is 11.1 Å². The van der Waals surface area contributed by atoms with E-state index in [0.29, 0.717) is 11.1 Å². The van der Waals surface area contributed by atoms with Gasteiger partial charge in [0.15, 0.2) is 0 Å². The topological polar surface area (TPSA) is 60.2 Å². The van der Waals surface area contributed by atoms with Crippen molar-refractivity contribution in [2.24, 2.45) is 5.73 Å². The quantitative estimate of drug-likeness (QED) is 0.689. The molecule has 0 saturated carbocycles. The van der Waals surface area contributed by atoms with Gasteiger partial charge in [-0.05, 0) is 0 Å². The van der Waals surface area contributed by atoms with Gasteiger partial charge in [-0.3, -0.25) is 0 Å². The molecule has 0 heterocycles. The molecule has 3 nitrogen and oxygen atoms in total. The average Bonchev–Trinajstić information content (AvgIpc) is 2.70. The molecule has 2 aromatic rings. The number of ketones is 1. The number of fused-ring (bicyclic) bond motifs is 3. The Bertz CT molecular complexity index is 788. The fourth-order valence-electron chi connectivity index (χ4n) is 2.70. The Morgan fingerprint density at radius 1 is 0.905 bits per heavy atom. The molecule has 0 saturated heterocycles. The third-order valence-electron chi connectivity index (χ3n) is 3.97. The standard InChI is InChI=1S/C14H8NO2.3CH3.Sn/c15-14(17)8-5-6-10-9-3-1-2-4-11(9)13(16)12(10)7-8;;;;/h2-7H,(H2,15,17);3*1H3;. The number of rotatable bonds is 2. The van der Waals surface area contributed by atoms with Gasteiger partial charge in [-0.25, -0.2) is 0 Å². The number of hydrogen-bond acceptors (Lipinski definition) is 2. The Kier molecular flexibility index (Phi) is 3.20. The van der Waals surface area contributed by atoms with Gasteiger partial charge in [-0.2, -0.15) is 0 Å². The van der Waals surface area contributed by atoms with Gasteiger partial charge in [0.05, 0.1) is 0 Å². The van der Waals surface area contributed by atoms with Gasteiger partial charge in [0.25, 0.3) is 0 Å². The van der Waals surface area contributed by atoms with Crippen molar-refractivity contribution in [1.82, 2.24) is 0 Å². The molecule has 4 heteroatoms. The van der Waals surface area contributed by atoms with Gasteiger partial charge in [-0.15, -0.1) is 0 Å². The fourth-order valence-corrected chi connectivity index (χ4v) is 6.01. The summed E-state index contributed by atoms with van der Waals surface area (Å²) in [5.74, 6) is -0.521. The van der Waals surface area contributed by atoms with E-state index in [1.807, 2.05) is 12.1 Å². The average molecular weight is 386 g/mol. The van der Waals surface area contributed by atoms with E-state index in [1.54, 1.807) is 12.1 Å². The molecule has 1 amide bonds. The summed E-state index contributed by atoms with van der Waals surface area (Å²) >= 11 is -2.18. The molecule has 21 heavy (non-hydrogen) atoms. The third-order valence-corrected chi connectivity index (χ3v) is 9.80. The van der Waals surface area contributed by atoms with Crippen molar-refractivity contribution in [3.8, 4) is 11.1 Å². The Labute approximate surface area is 128 Å². The molecular weight excluding hydrogens is 369 g/mol. The van der Waals surface area contributed by atoms with Crippen molar-refractivity contribution in [3.05, 3.63) is 53.1 Å². The second-order valence-electron chi connectivity index (χ2n) is 6.46. The van der Waals surface area contributed by atoms with Crippen molar-refractivity contribution in [3.63, 3.8) is 0 Å². The molecule has 0 aliphatic heterocycles. The first-order valence-corrected chi connectivity index (χ1v) is 16.9. The Morgan fingerprint density at radius 3 is 2.19 bits per heavy atom. The minimum atomic E-state index is -2.18. The van der Waals surface area contributed by atoms with Crippen LogP contribution in [-0.2, 0) is 0 Å². The van der Waals surface area contributed by atoms with E-state index in [1.165, 1.54) is 3.58 Å². The number of benzene rings is 2. The first kappa shape index (κ1) is 14.3. The number of primary amides is 1. The molecule has 2 N–H and O–H groups in total. The molecule has 0 aromatic heterocycles. The van der Waals surface area contributed by atoms with Crippen LogP contribution < -0.4 is 9.31 Å². The fraction of sp³-hybridized carbons (Fsp3) is 0.176. The molecular formula is C17H17NO2Sn. The van der Waals surface area contributed by atoms with E-state index < -0.39 is 24.3 Å². The summed E-state index contributed by atoms with van der Waals surface area (Å²) in [5, 5.41) is 0. The normalized spacial score (nSPS) is 13.0. The maximum atomic E-state index is 12.5. The van der Waals surface area contributed by atoms with Gasteiger partial charge < -0.3 is 0 Å². The van der Waals surface area contributed by atoms with Crippen LogP contribution in [0.1, 0.15) is 26.3 Å². The molecule has 106 valence electrons. The Morgan fingerprint density at radius 2 is 1.57 bits per heavy atom. The number of carbonyl (C=O) groups excluding carboxylic acids is 2. The summed E-state index contributed by atoms with van der Waals surface area (Å²) in [6.07, 6.45) is 0. The van der Waals surface area contributed by atoms with Gasteiger partial charge in [0, 0.05) is 0 Å². The third kappa shape index (κ3) is 2.29. The van der Waals surface area contributed by atoms with Crippen molar-refractivity contribution in [1.29, 1.82) is 0 Å². The molecule has 0 radical (unpaired) electrons. The predicted octanol–water partition coefficient (Wildman–Crippen LogP) is 2.54. The van der Waals surface area contributed by atoms with E-state index in [2.05, 4.69) is 27.0 Å². The van der Waals surface area contributed by atoms with Crippen molar-refractivity contribution >= 4 is 33.6 Å². The molecule has 2 aromatic carbocycles. The first-order valence-electron chi connectivity index (χ1n) is 6.92. The summed E-state index contributed by atoms with van der Waals surface area (Å²) in [6.45, 7) is 0. The van der Waals surface area contributed by atoms with Crippen LogP contribution in [0.4, 0.5) is 0 Å². The zero-order valence-electron chi connectivity index (χ0n) is 12.4. The van der Waals surface area contributed by atoms with Crippen LogP contribution in [0.5, 0.6) is 0 Å². The van der Waals surface area contributed by atoms with Gasteiger partial charge in [0.1, 0.15) is 0 Å². The number of nitrogens with two attached hydrogens (primary N) is 1. The summed E-state index contributed by atoms with van der Waals surface area (Å²) in [4.78, 5) is 30.8. The second-order valence-corrected chi connectivity index (χ2v) is 21.0. The van der Waals surface area contributed by atoms with Crippen LogP contribution in [0.3, 0.4) is 0 Å². The zero-order chi connectivity index (χ0) is 15.4. The van der Waals surface area contributed by atoms with Gasteiger partial charge in [0.2, 0.25) is 0 Å². The monoisotopic (exact) mass is 387 g/mol. The molecule has 0 fully saturated rings. The van der Waals surface area contributed by atoms with E-state index in [9.17, 15) is 9.59 Å². The summed E-state index contributed by atoms with van der Waals surface area (Å²) in [5.41, 5.74) is 8.90. The van der Waals surface area contributed by atoms with Crippen molar-refractivity contribution in [2.45, 2.75) is 14.8 Å². The SMILES string of the molecule is [CH3][Sn]([CH3])([CH3])[c]1ccc2c(c1)-c1ccc(C(N)=O)cc1C2=O. The van der Waals surface area contributed by atoms with Gasteiger partial charge >= 0.3 is 128 Å². The van der Waals surface area contributed by atoms with Crippen LogP contribution in [-0.4, -0.2) is 30.1 Å². The molecule has 0 unspecified atom stereocenters. The molecule has 3 rings (SSSR count). The molecule has 0 atom stereocenters. The van der Waals surface area contributed by atoms with E-state index >= 15 is 0 Å². The van der Waals surface area contributed by atoms with E-state index in [4.69, 9.17) is 5.73 Å². The zero-order valence-corrected chi connectivity index (χ0v) is 15.2. The molecule has 1 aliphatic carbocycles. The van der Waals surface area contributed by atoms with Crippen LogP contribution in [0.15, 0.2) is 36.4 Å². The molecule has 1 aliphatic rings. The number of carbonyl (C=O) groups is 2. The van der Waals surface area contributed by atoms with E-state index in [0.717, 1.165) is 16.7 Å². The Balaban J connectivity index is 2.21. The molecule has 0 spiro atoms. The maximum absolute atomic E-state index is 12.5. The minimum absolute atomic E-state index is 0.0150. The van der Waals surface area contributed by atoms with Crippen LogP contribution in [0.2, 0.25) is 14.8 Å². The van der Waals surface area contributed by atoms with E-state index in [-0.39, 0.29) is 5.78 Å². The number of amides is 1. The summed E-state index contributed by atoms with van der Waals surface area (Å²) in [7, 11) is 0. The van der Waals surface area contributed by atoms with Gasteiger partial charge in [-0.1, -0.05) is 0 Å². The first-order chi connectivity index (χ1) is 9.79. The predicted molar refractivity (Wildman–Crippen MR) is 86.8 cm³/mol. The summed E-state index contributed by atoms with van der Waals surface area (Å²) < 4.78 is 1.39. The van der Waals surface area contributed by atoms with Crippen LogP contribution >= 0.6 is 0 Å². The number of hydrogen-bond donors (Lipinski definition) is 1. The summed E-state index contributed by atoms with van der Waals surface area (Å²) in [6, 6.07) is 11.3. The molecule has 0 bridgehead atoms. The van der Waals surface area contributed by atoms with Crippen molar-refractivity contribution in [2.75, 3.05) is 0 Å². The Hall–Kier alpha value is -1.62. The van der Waals surface area contributed by atoms with Crippen LogP contribution in [0, 0.1) is 0 Å².